The summed E-state index contributed by atoms with van der Waals surface area (Å²) >= 11 is 0. The zero-order valence-corrected chi connectivity index (χ0v) is 10.1. The Morgan fingerprint density at radius 2 is 2.39 bits per heavy atom. The number of hydrogen-bond acceptors (Lipinski definition) is 7. The Bertz CT molecular complexity index is 390. The van der Waals surface area contributed by atoms with Crippen molar-refractivity contribution in [3.05, 3.63) is 17.8 Å². The maximum atomic E-state index is 11.1. The minimum absolute atomic E-state index is 0.0147. The smallest absolute Gasteiger partial charge is 0.358 e. The highest BCUT2D eigenvalue weighted by molar-refractivity contribution is 5.86. The number of carbonyl (C=O) groups is 1. The van der Waals surface area contributed by atoms with E-state index in [0.29, 0.717) is 32.2 Å². The van der Waals surface area contributed by atoms with Gasteiger partial charge in [-0.05, 0) is 12.1 Å². The number of esters is 1. The van der Waals surface area contributed by atoms with Crippen LogP contribution in [0.2, 0.25) is 0 Å². The van der Waals surface area contributed by atoms with Crippen LogP contribution in [-0.4, -0.2) is 55.7 Å². The summed E-state index contributed by atoms with van der Waals surface area (Å²) in [5, 5.41) is 10.7. The first kappa shape index (κ1) is 12.7. The lowest BCUT2D eigenvalue weighted by Gasteiger charge is -2.23. The van der Waals surface area contributed by atoms with E-state index in [1.165, 1.54) is 7.11 Å². The number of ether oxygens (including phenoxy) is 3. The molecule has 0 radical (unpaired) electrons. The predicted molar refractivity (Wildman–Crippen MR) is 62.4 cm³/mol. The van der Waals surface area contributed by atoms with E-state index in [-0.39, 0.29) is 11.8 Å². The third-order valence-corrected chi connectivity index (χ3v) is 2.45. The highest BCUT2D eigenvalue weighted by atomic mass is 16.6. The van der Waals surface area contributed by atoms with Crippen molar-refractivity contribution < 1.29 is 19.0 Å². The van der Waals surface area contributed by atoms with Crippen molar-refractivity contribution in [1.29, 1.82) is 0 Å². The van der Waals surface area contributed by atoms with Crippen molar-refractivity contribution in [3.63, 3.8) is 0 Å². The maximum Gasteiger partial charge on any atom is 0.358 e. The van der Waals surface area contributed by atoms with Crippen molar-refractivity contribution in [3.8, 4) is 0 Å². The van der Waals surface area contributed by atoms with Gasteiger partial charge in [0, 0.05) is 6.54 Å². The molecule has 0 bridgehead atoms. The maximum absolute atomic E-state index is 11.1. The molecule has 0 amide bonds. The van der Waals surface area contributed by atoms with Crippen molar-refractivity contribution in [2.45, 2.75) is 6.10 Å². The van der Waals surface area contributed by atoms with Gasteiger partial charge in [0.2, 0.25) is 0 Å². The van der Waals surface area contributed by atoms with Gasteiger partial charge in [0.1, 0.15) is 5.82 Å². The molecule has 1 fully saturated rings. The minimum Gasteiger partial charge on any atom is -0.464 e. The number of hydrogen-bond donors (Lipinski definition) is 1. The Morgan fingerprint density at radius 1 is 1.50 bits per heavy atom. The summed E-state index contributed by atoms with van der Waals surface area (Å²) in [4.78, 5) is 11.1. The molecule has 7 nitrogen and oxygen atoms in total. The molecular formula is C11H15N3O4. The second kappa shape index (κ2) is 6.27. The molecule has 0 spiro atoms. The standard InChI is InChI=1S/C11H15N3O4/c1-16-11(15)9-2-3-10(14-13-9)12-6-8-7-17-4-5-18-8/h2-3,8H,4-7H2,1H3,(H,12,14). The van der Waals surface area contributed by atoms with Gasteiger partial charge in [-0.15, -0.1) is 10.2 Å². The van der Waals surface area contributed by atoms with Crippen LogP contribution in [0.25, 0.3) is 0 Å². The average Bonchev–Trinajstić information content (AvgIpc) is 2.46. The molecule has 1 aliphatic rings. The topological polar surface area (TPSA) is 82.6 Å². The molecule has 1 saturated heterocycles. The van der Waals surface area contributed by atoms with E-state index in [0.717, 1.165) is 0 Å². The van der Waals surface area contributed by atoms with Crippen LogP contribution in [-0.2, 0) is 14.2 Å². The summed E-state index contributed by atoms with van der Waals surface area (Å²) in [5.41, 5.74) is 0.181. The molecule has 2 rings (SSSR count). The molecule has 1 aliphatic heterocycles. The predicted octanol–water partition coefficient (Wildman–Crippen LogP) is 0.0905. The SMILES string of the molecule is COC(=O)c1ccc(NCC2COCCO2)nn1. The first-order valence-corrected chi connectivity index (χ1v) is 5.65. The molecule has 2 heterocycles. The molecule has 1 N–H and O–H groups in total. The van der Waals surface area contributed by atoms with E-state index >= 15 is 0 Å². The summed E-state index contributed by atoms with van der Waals surface area (Å²) in [6.07, 6.45) is 0.0147. The van der Waals surface area contributed by atoms with Gasteiger partial charge < -0.3 is 19.5 Å². The van der Waals surface area contributed by atoms with Gasteiger partial charge in [0.25, 0.3) is 0 Å². The molecule has 1 aromatic heterocycles. The van der Waals surface area contributed by atoms with Crippen LogP contribution < -0.4 is 5.32 Å². The summed E-state index contributed by atoms with van der Waals surface area (Å²) in [6, 6.07) is 3.22. The van der Waals surface area contributed by atoms with Crippen LogP contribution >= 0.6 is 0 Å². The lowest BCUT2D eigenvalue weighted by Crippen LogP contribution is -2.34. The van der Waals surface area contributed by atoms with E-state index < -0.39 is 5.97 Å². The summed E-state index contributed by atoms with van der Waals surface area (Å²) in [6.45, 7) is 2.41. The fourth-order valence-electron chi connectivity index (χ4n) is 1.51. The second-order valence-corrected chi connectivity index (χ2v) is 3.74. The monoisotopic (exact) mass is 253 g/mol. The number of carbonyl (C=O) groups excluding carboxylic acids is 1. The summed E-state index contributed by atoms with van der Waals surface area (Å²) in [7, 11) is 1.30. The molecule has 0 aromatic carbocycles. The van der Waals surface area contributed by atoms with Crippen LogP contribution in [0.3, 0.4) is 0 Å². The molecule has 0 aliphatic carbocycles. The number of nitrogens with zero attached hydrogens (tertiary/aromatic N) is 2. The summed E-state index contributed by atoms with van der Waals surface area (Å²) < 4.78 is 15.3. The van der Waals surface area contributed by atoms with Gasteiger partial charge in [-0.25, -0.2) is 4.79 Å². The zero-order valence-electron chi connectivity index (χ0n) is 10.1. The van der Waals surface area contributed by atoms with Crippen LogP contribution in [0.5, 0.6) is 0 Å². The molecule has 7 heteroatoms. The lowest BCUT2D eigenvalue weighted by molar-refractivity contribution is -0.0819. The average molecular weight is 253 g/mol. The van der Waals surface area contributed by atoms with Gasteiger partial charge in [-0.2, -0.15) is 0 Å². The minimum atomic E-state index is -0.502. The van der Waals surface area contributed by atoms with Gasteiger partial charge in [-0.3, -0.25) is 0 Å². The fourth-order valence-corrected chi connectivity index (χ4v) is 1.51. The van der Waals surface area contributed by atoms with E-state index in [4.69, 9.17) is 9.47 Å². The molecule has 18 heavy (non-hydrogen) atoms. The fraction of sp³-hybridized carbons (Fsp3) is 0.545. The largest absolute Gasteiger partial charge is 0.464 e. The first-order chi connectivity index (χ1) is 8.79. The van der Waals surface area contributed by atoms with E-state index in [1.807, 2.05) is 0 Å². The van der Waals surface area contributed by atoms with Gasteiger partial charge in [0.15, 0.2) is 5.69 Å². The van der Waals surface area contributed by atoms with Crippen molar-refractivity contribution in [2.75, 3.05) is 38.8 Å². The normalized spacial score (nSPS) is 19.3. The molecule has 1 aromatic rings. The molecular weight excluding hydrogens is 238 g/mol. The highest BCUT2D eigenvalue weighted by Gasteiger charge is 2.14. The van der Waals surface area contributed by atoms with Crippen LogP contribution in [0, 0.1) is 0 Å². The summed E-state index contributed by atoms with van der Waals surface area (Å²) in [5.74, 6) is 0.0786. The Kier molecular flexibility index (Phi) is 4.43. The number of nitrogens with one attached hydrogen (secondary N) is 1. The first-order valence-electron chi connectivity index (χ1n) is 5.65. The molecule has 0 saturated carbocycles. The van der Waals surface area contributed by atoms with E-state index in [9.17, 15) is 4.79 Å². The number of methoxy groups -OCH3 is 1. The van der Waals surface area contributed by atoms with Gasteiger partial charge in [-0.1, -0.05) is 0 Å². The molecule has 1 unspecified atom stereocenters. The Balaban J connectivity index is 1.84. The Morgan fingerprint density at radius 3 is 3.00 bits per heavy atom. The highest BCUT2D eigenvalue weighted by Crippen LogP contribution is 2.05. The Labute approximate surface area is 104 Å². The second-order valence-electron chi connectivity index (χ2n) is 3.74. The van der Waals surface area contributed by atoms with Crippen LogP contribution in [0.15, 0.2) is 12.1 Å². The van der Waals surface area contributed by atoms with E-state index in [1.54, 1.807) is 12.1 Å². The van der Waals surface area contributed by atoms with Gasteiger partial charge >= 0.3 is 5.97 Å². The molecule has 98 valence electrons. The van der Waals surface area contributed by atoms with Gasteiger partial charge in [0.05, 0.1) is 33.0 Å². The third-order valence-electron chi connectivity index (χ3n) is 2.45. The van der Waals surface area contributed by atoms with Crippen LogP contribution in [0.1, 0.15) is 10.5 Å². The van der Waals surface area contributed by atoms with Crippen LogP contribution in [0.4, 0.5) is 5.82 Å². The Hall–Kier alpha value is -1.73. The van der Waals surface area contributed by atoms with E-state index in [2.05, 4.69) is 20.3 Å². The number of rotatable bonds is 4. The lowest BCUT2D eigenvalue weighted by atomic mass is 10.3. The number of anilines is 1. The third kappa shape index (κ3) is 3.38. The van der Waals surface area contributed by atoms with Crippen molar-refractivity contribution in [1.82, 2.24) is 10.2 Å². The zero-order chi connectivity index (χ0) is 12.8. The number of aromatic nitrogens is 2. The quantitative estimate of drug-likeness (QED) is 0.761. The van der Waals surface area contributed by atoms with Crippen molar-refractivity contribution in [2.24, 2.45) is 0 Å². The van der Waals surface area contributed by atoms with Crippen molar-refractivity contribution >= 4 is 11.8 Å². The molecule has 1 atom stereocenters.